The first kappa shape index (κ1) is 22.6. The first-order valence-corrected chi connectivity index (χ1v) is 10.3. The molecular weight excluding hydrogens is 407 g/mol. The van der Waals surface area contributed by atoms with Crippen molar-refractivity contribution >= 4 is 29.1 Å². The summed E-state index contributed by atoms with van der Waals surface area (Å²) in [5, 5.41) is 13.5. The van der Waals surface area contributed by atoms with E-state index in [0.29, 0.717) is 32.5 Å². The molecule has 0 spiro atoms. The lowest BCUT2D eigenvalue weighted by Crippen LogP contribution is -2.46. The SMILES string of the molecule is CC(C)(C)N1CC(C(=O)N2CCC(C(=O)Nc3ccc(F)c([N+](=O)[O-])c3)CC2)CC1=O. The molecule has 0 saturated carbocycles. The molecule has 3 rings (SSSR count). The van der Waals surface area contributed by atoms with Crippen molar-refractivity contribution in [1.29, 1.82) is 0 Å². The summed E-state index contributed by atoms with van der Waals surface area (Å²) < 4.78 is 13.5. The van der Waals surface area contributed by atoms with Crippen molar-refractivity contribution in [3.05, 3.63) is 34.1 Å². The number of nitro benzene ring substituents is 1. The first-order chi connectivity index (χ1) is 14.5. The second kappa shape index (κ2) is 8.60. The maximum Gasteiger partial charge on any atom is 0.306 e. The van der Waals surface area contributed by atoms with Crippen LogP contribution in [0.25, 0.3) is 0 Å². The molecule has 1 aromatic rings. The number of hydrogen-bond acceptors (Lipinski definition) is 5. The molecule has 1 atom stereocenters. The number of hydrogen-bond donors (Lipinski definition) is 1. The summed E-state index contributed by atoms with van der Waals surface area (Å²) in [6, 6.07) is 3.21. The van der Waals surface area contributed by atoms with Crippen LogP contribution in [0.15, 0.2) is 18.2 Å². The number of halogens is 1. The van der Waals surface area contributed by atoms with Gasteiger partial charge in [-0.3, -0.25) is 24.5 Å². The van der Waals surface area contributed by atoms with Crippen molar-refractivity contribution in [2.24, 2.45) is 11.8 Å². The van der Waals surface area contributed by atoms with Crippen LogP contribution in [0.3, 0.4) is 0 Å². The molecule has 31 heavy (non-hydrogen) atoms. The van der Waals surface area contributed by atoms with E-state index in [4.69, 9.17) is 0 Å². The van der Waals surface area contributed by atoms with Crippen LogP contribution in [-0.4, -0.2) is 57.6 Å². The van der Waals surface area contributed by atoms with Crippen molar-refractivity contribution in [2.75, 3.05) is 25.0 Å². The highest BCUT2D eigenvalue weighted by atomic mass is 19.1. The summed E-state index contributed by atoms with van der Waals surface area (Å²) in [5.74, 6) is -2.09. The number of carbonyl (C=O) groups excluding carboxylic acids is 3. The standard InChI is InChI=1S/C21H27FN4O5/c1-21(2,3)25-12-14(10-18(25)27)20(29)24-8-6-13(7-9-24)19(28)23-15-4-5-16(22)17(11-15)26(30)31/h4-5,11,13-14H,6-10,12H2,1-3H3,(H,23,28). The van der Waals surface area contributed by atoms with E-state index >= 15 is 0 Å². The Kier molecular flexibility index (Phi) is 6.28. The van der Waals surface area contributed by atoms with E-state index in [1.165, 1.54) is 6.07 Å². The molecule has 0 radical (unpaired) electrons. The van der Waals surface area contributed by atoms with E-state index in [1.54, 1.807) is 9.80 Å². The van der Waals surface area contributed by atoms with Crippen molar-refractivity contribution in [3.63, 3.8) is 0 Å². The molecule has 2 aliphatic rings. The van der Waals surface area contributed by atoms with Gasteiger partial charge in [-0.05, 0) is 45.7 Å². The lowest BCUT2D eigenvalue weighted by molar-refractivity contribution is -0.387. The van der Waals surface area contributed by atoms with Crippen LogP contribution in [0.2, 0.25) is 0 Å². The minimum atomic E-state index is -0.967. The highest BCUT2D eigenvalue weighted by Crippen LogP contribution is 2.29. The van der Waals surface area contributed by atoms with Crippen molar-refractivity contribution < 1.29 is 23.7 Å². The number of amides is 3. The largest absolute Gasteiger partial charge is 0.342 e. The molecule has 0 aliphatic carbocycles. The molecule has 2 saturated heterocycles. The number of piperidine rings is 1. The predicted molar refractivity (Wildman–Crippen MR) is 111 cm³/mol. The Morgan fingerprint density at radius 3 is 2.39 bits per heavy atom. The van der Waals surface area contributed by atoms with Gasteiger partial charge in [0, 0.05) is 49.3 Å². The molecule has 1 aromatic carbocycles. The number of anilines is 1. The molecular formula is C21H27FN4O5. The molecule has 3 amide bonds. The van der Waals surface area contributed by atoms with Gasteiger partial charge in [-0.25, -0.2) is 0 Å². The van der Waals surface area contributed by atoms with Crippen LogP contribution in [0.4, 0.5) is 15.8 Å². The molecule has 9 nitrogen and oxygen atoms in total. The molecule has 0 bridgehead atoms. The Labute approximate surface area is 179 Å². The van der Waals surface area contributed by atoms with Crippen LogP contribution in [0.1, 0.15) is 40.0 Å². The molecule has 2 aliphatic heterocycles. The van der Waals surface area contributed by atoms with Crippen molar-refractivity contribution in [2.45, 2.75) is 45.6 Å². The van der Waals surface area contributed by atoms with Crippen molar-refractivity contribution in [3.8, 4) is 0 Å². The Balaban J connectivity index is 1.54. The molecule has 2 heterocycles. The van der Waals surface area contributed by atoms with Crippen molar-refractivity contribution in [1.82, 2.24) is 9.80 Å². The van der Waals surface area contributed by atoms with Gasteiger partial charge in [0.05, 0.1) is 10.8 Å². The Morgan fingerprint density at radius 1 is 1.19 bits per heavy atom. The lowest BCUT2D eigenvalue weighted by Gasteiger charge is -2.34. The van der Waals surface area contributed by atoms with Gasteiger partial charge < -0.3 is 15.1 Å². The molecule has 0 aromatic heterocycles. The third kappa shape index (κ3) is 5.00. The third-order valence-electron chi connectivity index (χ3n) is 5.87. The molecule has 10 heteroatoms. The number of rotatable bonds is 4. The van der Waals surface area contributed by atoms with E-state index < -0.39 is 16.4 Å². The fourth-order valence-corrected chi connectivity index (χ4v) is 4.12. The van der Waals surface area contributed by atoms with Gasteiger partial charge in [-0.15, -0.1) is 0 Å². The number of nitrogens with zero attached hydrogens (tertiary/aromatic N) is 3. The van der Waals surface area contributed by atoms with Crippen LogP contribution >= 0.6 is 0 Å². The van der Waals surface area contributed by atoms with Crippen LogP contribution in [-0.2, 0) is 14.4 Å². The van der Waals surface area contributed by atoms with Crippen LogP contribution < -0.4 is 5.32 Å². The number of carbonyl (C=O) groups is 3. The summed E-state index contributed by atoms with van der Waals surface area (Å²) in [6.07, 6.45) is 1.11. The second-order valence-electron chi connectivity index (χ2n) is 9.09. The molecule has 168 valence electrons. The number of likely N-dealkylation sites (tertiary alicyclic amines) is 2. The van der Waals surface area contributed by atoms with Gasteiger partial charge >= 0.3 is 5.69 Å². The summed E-state index contributed by atoms with van der Waals surface area (Å²) >= 11 is 0. The molecule has 1 unspecified atom stereocenters. The maximum absolute atomic E-state index is 13.5. The van der Waals surface area contributed by atoms with Gasteiger partial charge in [0.1, 0.15) is 0 Å². The van der Waals surface area contributed by atoms with Crippen LogP contribution in [0.5, 0.6) is 0 Å². The van der Waals surface area contributed by atoms with E-state index in [2.05, 4.69) is 5.32 Å². The highest BCUT2D eigenvalue weighted by Gasteiger charge is 2.41. The van der Waals surface area contributed by atoms with Gasteiger partial charge in [0.25, 0.3) is 0 Å². The third-order valence-corrected chi connectivity index (χ3v) is 5.87. The molecule has 1 N–H and O–H groups in total. The zero-order valence-electron chi connectivity index (χ0n) is 17.9. The molecule has 2 fully saturated rings. The van der Waals surface area contributed by atoms with Crippen LogP contribution in [0, 0.1) is 27.8 Å². The number of nitrogens with one attached hydrogen (secondary N) is 1. The smallest absolute Gasteiger partial charge is 0.306 e. The summed E-state index contributed by atoms with van der Waals surface area (Å²) in [5.41, 5.74) is -0.871. The van der Waals surface area contributed by atoms with E-state index in [1.807, 2.05) is 20.8 Å². The maximum atomic E-state index is 13.5. The zero-order valence-corrected chi connectivity index (χ0v) is 17.9. The average Bonchev–Trinajstić information content (AvgIpc) is 3.11. The quantitative estimate of drug-likeness (QED) is 0.578. The fraction of sp³-hybridized carbons (Fsp3) is 0.571. The summed E-state index contributed by atoms with van der Waals surface area (Å²) in [7, 11) is 0. The monoisotopic (exact) mass is 434 g/mol. The Hall–Kier alpha value is -3.04. The zero-order chi connectivity index (χ0) is 22.9. The second-order valence-corrected chi connectivity index (χ2v) is 9.09. The van der Waals surface area contributed by atoms with Gasteiger partial charge in [-0.2, -0.15) is 4.39 Å². The van der Waals surface area contributed by atoms with E-state index in [-0.39, 0.29) is 47.2 Å². The van der Waals surface area contributed by atoms with E-state index in [9.17, 15) is 28.9 Å². The minimum Gasteiger partial charge on any atom is -0.342 e. The van der Waals surface area contributed by atoms with E-state index in [0.717, 1.165) is 12.1 Å². The predicted octanol–water partition coefficient (Wildman–Crippen LogP) is 2.56. The lowest BCUT2D eigenvalue weighted by atomic mass is 9.94. The fourth-order valence-electron chi connectivity index (χ4n) is 4.12. The summed E-state index contributed by atoms with van der Waals surface area (Å²) in [6.45, 7) is 7.04. The first-order valence-electron chi connectivity index (χ1n) is 10.3. The van der Waals surface area contributed by atoms with Gasteiger partial charge in [0.15, 0.2) is 0 Å². The topological polar surface area (TPSA) is 113 Å². The minimum absolute atomic E-state index is 0.0199. The number of nitro groups is 1. The average molecular weight is 434 g/mol. The highest BCUT2D eigenvalue weighted by molar-refractivity contribution is 5.93. The summed E-state index contributed by atoms with van der Waals surface area (Å²) in [4.78, 5) is 51.1. The Bertz CT molecular complexity index is 906. The normalized spacial score (nSPS) is 20.1. The van der Waals surface area contributed by atoms with Gasteiger partial charge in [-0.1, -0.05) is 0 Å². The van der Waals surface area contributed by atoms with Gasteiger partial charge in [0.2, 0.25) is 23.5 Å². The Morgan fingerprint density at radius 2 is 1.84 bits per heavy atom. The number of benzene rings is 1.